The van der Waals surface area contributed by atoms with Crippen molar-refractivity contribution >= 4 is 27.3 Å². The van der Waals surface area contributed by atoms with E-state index in [4.69, 9.17) is 0 Å². The first-order valence-corrected chi connectivity index (χ1v) is 11.7. The van der Waals surface area contributed by atoms with Gasteiger partial charge in [-0.05, 0) is 42.0 Å². The summed E-state index contributed by atoms with van der Waals surface area (Å²) < 4.78 is 29.0. The number of thiophene rings is 1. The third-order valence-electron chi connectivity index (χ3n) is 4.84. The summed E-state index contributed by atoms with van der Waals surface area (Å²) in [4.78, 5) is 16.9. The molecule has 3 heterocycles. The summed E-state index contributed by atoms with van der Waals surface area (Å²) in [5.41, 5.74) is 1.77. The topological polar surface area (TPSA) is 97.2 Å². The van der Waals surface area contributed by atoms with Crippen LogP contribution in [0, 0.1) is 0 Å². The third-order valence-corrected chi connectivity index (χ3v) is 7.82. The first-order chi connectivity index (χ1) is 14.1. The van der Waals surface area contributed by atoms with Crippen LogP contribution in [0.25, 0.3) is 5.69 Å². The van der Waals surface area contributed by atoms with Crippen molar-refractivity contribution in [2.45, 2.75) is 30.7 Å². The second-order valence-corrected chi connectivity index (χ2v) is 9.59. The predicted octanol–water partition coefficient (Wildman–Crippen LogP) is 2.43. The van der Waals surface area contributed by atoms with E-state index in [0.29, 0.717) is 19.6 Å². The van der Waals surface area contributed by atoms with E-state index in [1.807, 2.05) is 24.3 Å². The predicted molar refractivity (Wildman–Crippen MR) is 109 cm³/mol. The number of amides is 1. The van der Waals surface area contributed by atoms with E-state index in [0.717, 1.165) is 41.9 Å². The van der Waals surface area contributed by atoms with Crippen LogP contribution < -0.4 is 5.32 Å². The highest BCUT2D eigenvalue weighted by molar-refractivity contribution is 7.89. The van der Waals surface area contributed by atoms with E-state index in [-0.39, 0.29) is 15.7 Å². The standard InChI is InChI=1S/C19H21N5O3S2/c25-19(21-12-15-4-6-16(7-5-15)24-14-20-13-22-24)18-17(8-11-28-18)29(26,27)23-9-2-1-3-10-23/h4-8,11,13-14H,1-3,9-10,12H2,(H,21,25). The minimum absolute atomic E-state index is 0.100. The number of piperidine rings is 1. The molecule has 0 aliphatic carbocycles. The van der Waals surface area contributed by atoms with Crippen LogP contribution in [-0.2, 0) is 16.6 Å². The summed E-state index contributed by atoms with van der Waals surface area (Å²) in [6.07, 6.45) is 5.83. The highest BCUT2D eigenvalue weighted by atomic mass is 32.2. The van der Waals surface area contributed by atoms with Gasteiger partial charge in [0.1, 0.15) is 22.4 Å². The third kappa shape index (κ3) is 4.24. The second-order valence-electron chi connectivity index (χ2n) is 6.77. The average Bonchev–Trinajstić information content (AvgIpc) is 3.45. The molecular weight excluding hydrogens is 410 g/mol. The molecule has 1 fully saturated rings. The molecule has 0 bridgehead atoms. The first kappa shape index (κ1) is 19.7. The molecule has 4 rings (SSSR count). The molecule has 29 heavy (non-hydrogen) atoms. The monoisotopic (exact) mass is 431 g/mol. The molecule has 10 heteroatoms. The molecular formula is C19H21N5O3S2. The lowest BCUT2D eigenvalue weighted by Crippen LogP contribution is -2.36. The molecule has 152 valence electrons. The maximum Gasteiger partial charge on any atom is 0.263 e. The van der Waals surface area contributed by atoms with Crippen LogP contribution in [0.2, 0.25) is 0 Å². The van der Waals surface area contributed by atoms with Gasteiger partial charge < -0.3 is 5.32 Å². The summed E-state index contributed by atoms with van der Waals surface area (Å²) in [7, 11) is -3.64. The fourth-order valence-corrected chi connectivity index (χ4v) is 6.12. The van der Waals surface area contributed by atoms with Crippen LogP contribution in [-0.4, -0.2) is 46.5 Å². The highest BCUT2D eigenvalue weighted by Crippen LogP contribution is 2.27. The van der Waals surface area contributed by atoms with Crippen molar-refractivity contribution in [2.75, 3.05) is 13.1 Å². The number of rotatable bonds is 6. The van der Waals surface area contributed by atoms with Crippen LogP contribution in [0.5, 0.6) is 0 Å². The van der Waals surface area contributed by atoms with Gasteiger partial charge in [-0.1, -0.05) is 18.6 Å². The van der Waals surface area contributed by atoms with Gasteiger partial charge >= 0.3 is 0 Å². The lowest BCUT2D eigenvalue weighted by molar-refractivity contribution is 0.0952. The van der Waals surface area contributed by atoms with Crippen LogP contribution in [0.4, 0.5) is 0 Å². The van der Waals surface area contributed by atoms with Gasteiger partial charge in [0.2, 0.25) is 10.0 Å². The Bertz CT molecular complexity index is 1070. The fraction of sp³-hybridized carbons (Fsp3) is 0.316. The number of aromatic nitrogens is 3. The zero-order chi connectivity index (χ0) is 20.3. The molecule has 1 aliphatic rings. The maximum absolute atomic E-state index is 12.9. The smallest absolute Gasteiger partial charge is 0.263 e. The number of nitrogens with zero attached hydrogens (tertiary/aromatic N) is 4. The number of carbonyl (C=O) groups excluding carboxylic acids is 1. The van der Waals surface area contributed by atoms with E-state index in [1.165, 1.54) is 16.7 Å². The van der Waals surface area contributed by atoms with Crippen molar-refractivity contribution in [3.8, 4) is 5.69 Å². The molecule has 1 amide bonds. The van der Waals surface area contributed by atoms with E-state index in [1.54, 1.807) is 16.4 Å². The summed E-state index contributed by atoms with van der Waals surface area (Å²) in [6.45, 7) is 1.33. The number of hydrogen-bond acceptors (Lipinski definition) is 6. The van der Waals surface area contributed by atoms with Gasteiger partial charge in [0.25, 0.3) is 5.91 Å². The van der Waals surface area contributed by atoms with Crippen LogP contribution in [0.1, 0.15) is 34.5 Å². The lowest BCUT2D eigenvalue weighted by atomic mass is 10.2. The summed E-state index contributed by atoms with van der Waals surface area (Å²) in [6, 6.07) is 9.06. The summed E-state index contributed by atoms with van der Waals surface area (Å²) >= 11 is 1.15. The Morgan fingerprint density at radius 3 is 2.55 bits per heavy atom. The van der Waals surface area contributed by atoms with Crippen molar-refractivity contribution in [1.82, 2.24) is 24.4 Å². The molecule has 0 saturated carbocycles. The molecule has 1 N–H and O–H groups in total. The molecule has 0 radical (unpaired) electrons. The van der Waals surface area contributed by atoms with E-state index in [2.05, 4.69) is 15.4 Å². The van der Waals surface area contributed by atoms with Gasteiger partial charge in [-0.2, -0.15) is 9.40 Å². The Balaban J connectivity index is 1.44. The fourth-order valence-electron chi connectivity index (χ4n) is 3.28. The molecule has 1 saturated heterocycles. The Morgan fingerprint density at radius 1 is 1.10 bits per heavy atom. The van der Waals surface area contributed by atoms with E-state index in [9.17, 15) is 13.2 Å². The van der Waals surface area contributed by atoms with Crippen molar-refractivity contribution in [3.05, 3.63) is 58.8 Å². The van der Waals surface area contributed by atoms with Crippen molar-refractivity contribution in [3.63, 3.8) is 0 Å². The number of hydrogen-bond donors (Lipinski definition) is 1. The van der Waals surface area contributed by atoms with E-state index < -0.39 is 10.0 Å². The molecule has 1 aliphatic heterocycles. The summed E-state index contributed by atoms with van der Waals surface area (Å²) in [5.74, 6) is -0.379. The van der Waals surface area contributed by atoms with Crippen molar-refractivity contribution in [2.24, 2.45) is 0 Å². The lowest BCUT2D eigenvalue weighted by Gasteiger charge is -2.25. The number of carbonyl (C=O) groups is 1. The molecule has 8 nitrogen and oxygen atoms in total. The zero-order valence-electron chi connectivity index (χ0n) is 15.7. The average molecular weight is 432 g/mol. The van der Waals surface area contributed by atoms with Crippen molar-refractivity contribution in [1.29, 1.82) is 0 Å². The van der Waals surface area contributed by atoms with Gasteiger partial charge in [0, 0.05) is 19.6 Å². The van der Waals surface area contributed by atoms with Crippen molar-refractivity contribution < 1.29 is 13.2 Å². The van der Waals surface area contributed by atoms with Gasteiger partial charge in [-0.3, -0.25) is 4.79 Å². The number of sulfonamides is 1. The largest absolute Gasteiger partial charge is 0.347 e. The number of benzene rings is 1. The van der Waals surface area contributed by atoms with Crippen LogP contribution in [0.15, 0.2) is 53.3 Å². The van der Waals surface area contributed by atoms with Gasteiger partial charge in [-0.15, -0.1) is 11.3 Å². The van der Waals surface area contributed by atoms with E-state index >= 15 is 0 Å². The molecule has 0 atom stereocenters. The molecule has 3 aromatic rings. The SMILES string of the molecule is O=C(NCc1ccc(-n2cncn2)cc1)c1sccc1S(=O)(=O)N1CCCCC1. The first-order valence-electron chi connectivity index (χ1n) is 9.35. The highest BCUT2D eigenvalue weighted by Gasteiger charge is 2.30. The molecule has 0 unspecified atom stereocenters. The minimum Gasteiger partial charge on any atom is -0.347 e. The van der Waals surface area contributed by atoms with Crippen LogP contribution >= 0.6 is 11.3 Å². The van der Waals surface area contributed by atoms with Gasteiger partial charge in [-0.25, -0.2) is 18.1 Å². The molecule has 2 aromatic heterocycles. The molecule has 0 spiro atoms. The Hall–Kier alpha value is -2.56. The Kier molecular flexibility index (Phi) is 5.74. The maximum atomic E-state index is 12.9. The summed E-state index contributed by atoms with van der Waals surface area (Å²) in [5, 5.41) is 8.55. The minimum atomic E-state index is -3.64. The Labute approximate surface area is 173 Å². The molecule has 1 aromatic carbocycles. The normalized spacial score (nSPS) is 15.3. The quantitative estimate of drug-likeness (QED) is 0.647. The van der Waals surface area contributed by atoms with Gasteiger partial charge in [0.15, 0.2) is 0 Å². The number of nitrogens with one attached hydrogen (secondary N) is 1. The van der Waals surface area contributed by atoms with Crippen LogP contribution in [0.3, 0.4) is 0 Å². The van der Waals surface area contributed by atoms with Gasteiger partial charge in [0.05, 0.1) is 5.69 Å². The zero-order valence-corrected chi connectivity index (χ0v) is 17.3. The Morgan fingerprint density at radius 2 is 1.86 bits per heavy atom. The second kappa shape index (κ2) is 8.44.